The molecule has 0 bridgehead atoms. The van der Waals surface area contributed by atoms with Gasteiger partial charge in [0.15, 0.2) is 6.61 Å². The van der Waals surface area contributed by atoms with Crippen molar-refractivity contribution in [3.63, 3.8) is 0 Å². The molecular formula is C18H21ClN2O3. The number of halogens is 1. The summed E-state index contributed by atoms with van der Waals surface area (Å²) in [5, 5.41) is 3.43. The van der Waals surface area contributed by atoms with Gasteiger partial charge in [-0.15, -0.1) is 0 Å². The number of ether oxygens (including phenoxy) is 1. The summed E-state index contributed by atoms with van der Waals surface area (Å²) in [5.41, 5.74) is 0. The van der Waals surface area contributed by atoms with E-state index in [0.29, 0.717) is 17.3 Å². The third-order valence-electron chi connectivity index (χ3n) is 4.14. The average Bonchev–Trinajstić information content (AvgIpc) is 3.28. The molecule has 24 heavy (non-hydrogen) atoms. The molecule has 0 radical (unpaired) electrons. The molecule has 1 fully saturated rings. The molecule has 1 N–H and O–H groups in total. The third-order valence-corrected chi connectivity index (χ3v) is 4.45. The number of carbonyl (C=O) groups is 1. The predicted octanol–water partition coefficient (Wildman–Crippen LogP) is 3.27. The standard InChI is InChI=1S/C18H21ClN2O3/c19-14-6-1-2-7-16(14)24-13-18(22)20-12-15(17-8-5-11-23-17)21-9-3-4-10-21/h1-2,5-8,11,15H,3-4,9-10,12-13H2,(H,20,22). The quantitative estimate of drug-likeness (QED) is 0.834. The molecular weight excluding hydrogens is 328 g/mol. The van der Waals surface area contributed by atoms with Gasteiger partial charge in [-0.05, 0) is 50.2 Å². The SMILES string of the molecule is O=C(COc1ccccc1Cl)NCC(c1ccco1)N1CCCC1. The first kappa shape index (κ1) is 16.9. The lowest BCUT2D eigenvalue weighted by molar-refractivity contribution is -0.123. The number of para-hydroxylation sites is 1. The zero-order valence-corrected chi connectivity index (χ0v) is 14.2. The Balaban J connectivity index is 1.52. The molecule has 1 unspecified atom stereocenters. The summed E-state index contributed by atoms with van der Waals surface area (Å²) in [6.07, 6.45) is 4.03. The number of likely N-dealkylation sites (tertiary alicyclic amines) is 1. The van der Waals surface area contributed by atoms with Crippen molar-refractivity contribution in [3.8, 4) is 5.75 Å². The van der Waals surface area contributed by atoms with Crippen molar-refractivity contribution in [1.29, 1.82) is 0 Å². The molecule has 1 aromatic carbocycles. The Morgan fingerprint density at radius 2 is 2.04 bits per heavy atom. The van der Waals surface area contributed by atoms with Crippen molar-refractivity contribution in [1.82, 2.24) is 10.2 Å². The maximum atomic E-state index is 12.1. The Morgan fingerprint density at radius 3 is 2.75 bits per heavy atom. The molecule has 0 saturated carbocycles. The van der Waals surface area contributed by atoms with Crippen LogP contribution in [0.5, 0.6) is 5.75 Å². The lowest BCUT2D eigenvalue weighted by atomic mass is 10.2. The van der Waals surface area contributed by atoms with Gasteiger partial charge in [0, 0.05) is 6.54 Å². The highest BCUT2D eigenvalue weighted by Gasteiger charge is 2.25. The topological polar surface area (TPSA) is 54.7 Å². The van der Waals surface area contributed by atoms with Crippen LogP contribution in [-0.2, 0) is 4.79 Å². The number of hydrogen-bond donors (Lipinski definition) is 1. The third kappa shape index (κ3) is 4.30. The van der Waals surface area contributed by atoms with Gasteiger partial charge in [0.25, 0.3) is 5.91 Å². The maximum absolute atomic E-state index is 12.1. The second kappa shape index (κ2) is 8.22. The number of hydrogen-bond acceptors (Lipinski definition) is 4. The summed E-state index contributed by atoms with van der Waals surface area (Å²) in [4.78, 5) is 14.4. The minimum absolute atomic E-state index is 0.0609. The molecule has 1 saturated heterocycles. The van der Waals surface area contributed by atoms with Gasteiger partial charge in [-0.25, -0.2) is 0 Å². The minimum atomic E-state index is -0.175. The van der Waals surface area contributed by atoms with E-state index in [-0.39, 0.29) is 18.6 Å². The molecule has 1 atom stereocenters. The molecule has 128 valence electrons. The van der Waals surface area contributed by atoms with Crippen LogP contribution < -0.4 is 10.1 Å². The summed E-state index contributed by atoms with van der Waals surface area (Å²) in [7, 11) is 0. The molecule has 3 rings (SSSR count). The van der Waals surface area contributed by atoms with E-state index < -0.39 is 0 Å². The first-order valence-electron chi connectivity index (χ1n) is 8.15. The highest BCUT2D eigenvalue weighted by Crippen LogP contribution is 2.25. The highest BCUT2D eigenvalue weighted by atomic mass is 35.5. The van der Waals surface area contributed by atoms with Crippen molar-refractivity contribution < 1.29 is 13.9 Å². The first-order chi connectivity index (χ1) is 11.7. The number of benzene rings is 1. The fourth-order valence-corrected chi connectivity index (χ4v) is 3.10. The Bertz CT molecular complexity index is 654. The van der Waals surface area contributed by atoms with Crippen LogP contribution in [0.2, 0.25) is 5.02 Å². The minimum Gasteiger partial charge on any atom is -0.482 e. The average molecular weight is 349 g/mol. The fourth-order valence-electron chi connectivity index (χ4n) is 2.91. The Morgan fingerprint density at radius 1 is 1.25 bits per heavy atom. The lowest BCUT2D eigenvalue weighted by Crippen LogP contribution is -2.38. The number of carbonyl (C=O) groups excluding carboxylic acids is 1. The van der Waals surface area contributed by atoms with Crippen LogP contribution >= 0.6 is 11.6 Å². The maximum Gasteiger partial charge on any atom is 0.258 e. The molecule has 1 aromatic heterocycles. The van der Waals surface area contributed by atoms with Gasteiger partial charge in [-0.1, -0.05) is 23.7 Å². The fraction of sp³-hybridized carbons (Fsp3) is 0.389. The van der Waals surface area contributed by atoms with Crippen molar-refractivity contribution in [2.45, 2.75) is 18.9 Å². The van der Waals surface area contributed by atoms with E-state index in [0.717, 1.165) is 18.8 Å². The molecule has 0 spiro atoms. The molecule has 1 amide bonds. The lowest BCUT2D eigenvalue weighted by Gasteiger charge is -2.26. The van der Waals surface area contributed by atoms with E-state index >= 15 is 0 Å². The molecule has 1 aliphatic heterocycles. The van der Waals surface area contributed by atoms with E-state index in [9.17, 15) is 4.79 Å². The molecule has 0 aliphatic carbocycles. The number of rotatable bonds is 7. The summed E-state index contributed by atoms with van der Waals surface area (Å²) in [5.74, 6) is 1.21. The number of nitrogens with one attached hydrogen (secondary N) is 1. The van der Waals surface area contributed by atoms with E-state index in [2.05, 4.69) is 10.2 Å². The Labute approximate surface area is 146 Å². The van der Waals surface area contributed by atoms with Crippen molar-refractivity contribution in [2.75, 3.05) is 26.2 Å². The number of furan rings is 1. The van der Waals surface area contributed by atoms with Gasteiger partial charge in [0.05, 0.1) is 17.3 Å². The van der Waals surface area contributed by atoms with Crippen LogP contribution in [0.15, 0.2) is 47.1 Å². The van der Waals surface area contributed by atoms with E-state index in [4.69, 9.17) is 20.8 Å². The van der Waals surface area contributed by atoms with Gasteiger partial charge < -0.3 is 14.5 Å². The Kier molecular flexibility index (Phi) is 5.77. The summed E-state index contributed by atoms with van der Waals surface area (Å²) >= 11 is 6.01. The van der Waals surface area contributed by atoms with Gasteiger partial charge >= 0.3 is 0 Å². The second-order valence-electron chi connectivity index (χ2n) is 5.80. The summed E-state index contributed by atoms with van der Waals surface area (Å²) in [6.45, 7) is 2.49. The summed E-state index contributed by atoms with van der Waals surface area (Å²) in [6, 6.07) is 11.0. The van der Waals surface area contributed by atoms with Crippen LogP contribution in [0, 0.1) is 0 Å². The van der Waals surface area contributed by atoms with Gasteiger partial charge in [0.1, 0.15) is 11.5 Å². The number of nitrogens with zero attached hydrogens (tertiary/aromatic N) is 1. The van der Waals surface area contributed by atoms with Crippen LogP contribution in [0.4, 0.5) is 0 Å². The van der Waals surface area contributed by atoms with Crippen LogP contribution in [0.25, 0.3) is 0 Å². The van der Waals surface area contributed by atoms with Gasteiger partial charge in [-0.3, -0.25) is 9.69 Å². The number of amides is 1. The summed E-state index contributed by atoms with van der Waals surface area (Å²) < 4.78 is 11.0. The van der Waals surface area contributed by atoms with Crippen LogP contribution in [0.3, 0.4) is 0 Å². The molecule has 2 aromatic rings. The smallest absolute Gasteiger partial charge is 0.258 e. The van der Waals surface area contributed by atoms with Gasteiger partial charge in [-0.2, -0.15) is 0 Å². The Hall–Kier alpha value is -1.98. The van der Waals surface area contributed by atoms with E-state index in [1.807, 2.05) is 24.3 Å². The zero-order chi connectivity index (χ0) is 16.8. The molecule has 1 aliphatic rings. The van der Waals surface area contributed by atoms with E-state index in [1.54, 1.807) is 18.4 Å². The second-order valence-corrected chi connectivity index (χ2v) is 6.20. The highest BCUT2D eigenvalue weighted by molar-refractivity contribution is 6.32. The first-order valence-corrected chi connectivity index (χ1v) is 8.53. The van der Waals surface area contributed by atoms with Crippen molar-refractivity contribution >= 4 is 17.5 Å². The zero-order valence-electron chi connectivity index (χ0n) is 13.4. The van der Waals surface area contributed by atoms with E-state index in [1.165, 1.54) is 12.8 Å². The molecule has 6 heteroatoms. The van der Waals surface area contributed by atoms with Gasteiger partial charge in [0.2, 0.25) is 0 Å². The van der Waals surface area contributed by atoms with Crippen molar-refractivity contribution in [3.05, 3.63) is 53.4 Å². The van der Waals surface area contributed by atoms with Crippen molar-refractivity contribution in [2.24, 2.45) is 0 Å². The molecule has 2 heterocycles. The monoisotopic (exact) mass is 348 g/mol. The normalized spacial score (nSPS) is 16.0. The van der Waals surface area contributed by atoms with Crippen LogP contribution in [-0.4, -0.2) is 37.0 Å². The molecule has 5 nitrogen and oxygen atoms in total. The largest absolute Gasteiger partial charge is 0.482 e. The predicted molar refractivity (Wildman–Crippen MR) is 92.2 cm³/mol. The van der Waals surface area contributed by atoms with Crippen LogP contribution in [0.1, 0.15) is 24.6 Å².